The van der Waals surface area contributed by atoms with Crippen molar-refractivity contribution in [2.24, 2.45) is 0 Å². The van der Waals surface area contributed by atoms with E-state index in [1.165, 1.54) is 6.07 Å². The van der Waals surface area contributed by atoms with Crippen molar-refractivity contribution in [1.82, 2.24) is 0 Å². The lowest BCUT2D eigenvalue weighted by atomic mass is 10.2. The maximum atomic E-state index is 11.9. The van der Waals surface area contributed by atoms with Gasteiger partial charge >= 0.3 is 0 Å². The molecule has 0 fully saturated rings. The Kier molecular flexibility index (Phi) is 3.87. The van der Waals surface area contributed by atoms with E-state index in [4.69, 9.17) is 28.5 Å². The molecule has 0 aliphatic carbocycles. The molecular weight excluding hydrogens is 291 g/mol. The van der Waals surface area contributed by atoms with E-state index in [0.717, 1.165) is 11.3 Å². The van der Waals surface area contributed by atoms with Crippen LogP contribution in [0, 0.1) is 11.3 Å². The molecule has 0 atom stereocenters. The van der Waals surface area contributed by atoms with Crippen LogP contribution in [0.3, 0.4) is 0 Å². The van der Waals surface area contributed by atoms with Crippen LogP contribution >= 0.6 is 34.5 Å². The lowest BCUT2D eigenvalue weighted by molar-refractivity contribution is 0.102. The smallest absolute Gasteiger partial charge is 0.258 e. The molecule has 0 bridgehead atoms. The summed E-state index contributed by atoms with van der Waals surface area (Å²) in [6.07, 6.45) is 0. The molecule has 6 heteroatoms. The summed E-state index contributed by atoms with van der Waals surface area (Å²) >= 11 is 12.8. The minimum absolute atomic E-state index is 0.328. The summed E-state index contributed by atoms with van der Waals surface area (Å²) in [6, 6.07) is 10.1. The van der Waals surface area contributed by atoms with Crippen molar-refractivity contribution in [1.29, 1.82) is 5.26 Å². The van der Waals surface area contributed by atoms with Crippen LogP contribution in [-0.4, -0.2) is 5.91 Å². The molecule has 3 nitrogen and oxygen atoms in total. The van der Waals surface area contributed by atoms with Crippen molar-refractivity contribution >= 4 is 46.1 Å². The Labute approximate surface area is 118 Å². The molecule has 90 valence electrons. The van der Waals surface area contributed by atoms with Gasteiger partial charge in [-0.2, -0.15) is 5.26 Å². The van der Waals surface area contributed by atoms with Crippen LogP contribution in [0.4, 0.5) is 5.69 Å². The fourth-order valence-electron chi connectivity index (χ4n) is 1.36. The number of carbonyl (C=O) groups is 1. The van der Waals surface area contributed by atoms with E-state index in [-0.39, 0.29) is 5.91 Å². The summed E-state index contributed by atoms with van der Waals surface area (Å²) in [4.78, 5) is 11.9. The summed E-state index contributed by atoms with van der Waals surface area (Å²) in [5, 5.41) is 11.4. The van der Waals surface area contributed by atoms with Crippen molar-refractivity contribution in [3.8, 4) is 6.07 Å². The van der Waals surface area contributed by atoms with Gasteiger partial charge in [-0.15, -0.1) is 11.3 Å². The molecule has 0 spiro atoms. The van der Waals surface area contributed by atoms with Crippen LogP contribution in [0.1, 0.15) is 15.9 Å². The number of halogens is 2. The van der Waals surface area contributed by atoms with E-state index >= 15 is 0 Å². The molecular formula is C12H6Cl2N2OS. The summed E-state index contributed by atoms with van der Waals surface area (Å²) in [7, 11) is 0. The summed E-state index contributed by atoms with van der Waals surface area (Å²) in [6.45, 7) is 0. The molecule has 0 saturated carbocycles. The first-order valence-electron chi connectivity index (χ1n) is 4.86. The quantitative estimate of drug-likeness (QED) is 0.904. The number of anilines is 1. The monoisotopic (exact) mass is 296 g/mol. The second kappa shape index (κ2) is 5.40. The van der Waals surface area contributed by atoms with E-state index in [1.807, 2.05) is 6.07 Å². The van der Waals surface area contributed by atoms with Crippen LogP contribution in [0.5, 0.6) is 0 Å². The zero-order chi connectivity index (χ0) is 13.1. The van der Waals surface area contributed by atoms with Gasteiger partial charge in [0.05, 0.1) is 21.5 Å². The summed E-state index contributed by atoms with van der Waals surface area (Å²) in [5.74, 6) is -0.349. The lowest BCUT2D eigenvalue weighted by Gasteiger charge is -2.04. The Morgan fingerprint density at radius 3 is 2.72 bits per heavy atom. The molecule has 18 heavy (non-hydrogen) atoms. The number of thiophene rings is 1. The lowest BCUT2D eigenvalue weighted by Crippen LogP contribution is -2.11. The number of nitriles is 1. The average molecular weight is 297 g/mol. The van der Waals surface area contributed by atoms with E-state index in [0.29, 0.717) is 25.5 Å². The fourth-order valence-corrected chi connectivity index (χ4v) is 2.82. The van der Waals surface area contributed by atoms with Gasteiger partial charge in [-0.3, -0.25) is 4.79 Å². The number of amides is 1. The van der Waals surface area contributed by atoms with Crippen LogP contribution in [0.15, 0.2) is 30.3 Å². The van der Waals surface area contributed by atoms with Crippen LogP contribution < -0.4 is 5.32 Å². The molecule has 0 radical (unpaired) electrons. The minimum Gasteiger partial charge on any atom is -0.322 e. The van der Waals surface area contributed by atoms with Gasteiger partial charge in [0.2, 0.25) is 0 Å². The van der Waals surface area contributed by atoms with Crippen molar-refractivity contribution in [2.45, 2.75) is 0 Å². The second-order valence-electron chi connectivity index (χ2n) is 3.38. The van der Waals surface area contributed by atoms with Crippen LogP contribution in [-0.2, 0) is 0 Å². The van der Waals surface area contributed by atoms with Gasteiger partial charge in [-0.1, -0.05) is 29.3 Å². The molecule has 1 N–H and O–H groups in total. The average Bonchev–Trinajstić information content (AvgIpc) is 2.69. The van der Waals surface area contributed by atoms with E-state index in [2.05, 4.69) is 5.32 Å². The molecule has 2 rings (SSSR count). The zero-order valence-corrected chi connectivity index (χ0v) is 11.2. The highest BCUT2D eigenvalue weighted by Crippen LogP contribution is 2.31. The molecule has 1 amide bonds. The Balaban J connectivity index is 2.21. The van der Waals surface area contributed by atoms with Crippen molar-refractivity contribution in [2.75, 3.05) is 5.32 Å². The van der Waals surface area contributed by atoms with Gasteiger partial charge in [0, 0.05) is 5.69 Å². The summed E-state index contributed by atoms with van der Waals surface area (Å²) < 4.78 is 0.796. The molecule has 0 aliphatic heterocycles. The second-order valence-corrected chi connectivity index (χ2v) is 5.67. The zero-order valence-electron chi connectivity index (χ0n) is 8.91. The Morgan fingerprint density at radius 2 is 2.11 bits per heavy atom. The number of hydrogen-bond acceptors (Lipinski definition) is 3. The normalized spacial score (nSPS) is 9.83. The number of nitrogens with one attached hydrogen (secondary N) is 1. The molecule has 0 unspecified atom stereocenters. The first kappa shape index (κ1) is 12.9. The molecule has 0 saturated heterocycles. The highest BCUT2D eigenvalue weighted by Gasteiger charge is 2.14. The van der Waals surface area contributed by atoms with Crippen molar-refractivity contribution in [3.63, 3.8) is 0 Å². The fraction of sp³-hybridized carbons (Fsp3) is 0. The Hall–Kier alpha value is -1.54. The Morgan fingerprint density at radius 1 is 1.33 bits per heavy atom. The highest BCUT2D eigenvalue weighted by atomic mass is 35.5. The van der Waals surface area contributed by atoms with Gasteiger partial charge in [0.25, 0.3) is 5.91 Å². The number of carbonyl (C=O) groups excluding carboxylic acids is 1. The molecule has 1 aromatic heterocycles. The maximum absolute atomic E-state index is 11.9. The minimum atomic E-state index is -0.349. The SMILES string of the molecule is N#Cc1cccc(NC(=O)c2cc(Cl)sc2Cl)c1. The number of nitrogens with zero attached hydrogens (tertiary/aromatic N) is 1. The highest BCUT2D eigenvalue weighted by molar-refractivity contribution is 7.20. The third-order valence-electron chi connectivity index (χ3n) is 2.15. The van der Waals surface area contributed by atoms with Gasteiger partial charge in [0.1, 0.15) is 4.34 Å². The van der Waals surface area contributed by atoms with Crippen molar-refractivity contribution < 1.29 is 4.79 Å². The predicted molar refractivity (Wildman–Crippen MR) is 73.4 cm³/mol. The molecule has 1 aromatic carbocycles. The molecule has 0 aliphatic rings. The van der Waals surface area contributed by atoms with Gasteiger partial charge in [-0.05, 0) is 24.3 Å². The van der Waals surface area contributed by atoms with Crippen LogP contribution in [0.2, 0.25) is 8.67 Å². The topological polar surface area (TPSA) is 52.9 Å². The number of hydrogen-bond donors (Lipinski definition) is 1. The Bertz CT molecular complexity index is 646. The largest absolute Gasteiger partial charge is 0.322 e. The van der Waals surface area contributed by atoms with Crippen molar-refractivity contribution in [3.05, 3.63) is 50.1 Å². The van der Waals surface area contributed by atoms with E-state index in [1.54, 1.807) is 24.3 Å². The first-order chi connectivity index (χ1) is 8.60. The number of rotatable bonds is 2. The third kappa shape index (κ3) is 2.82. The van der Waals surface area contributed by atoms with Crippen LogP contribution in [0.25, 0.3) is 0 Å². The van der Waals surface area contributed by atoms with Gasteiger partial charge in [0.15, 0.2) is 0 Å². The molecule has 2 aromatic rings. The van der Waals surface area contributed by atoms with E-state index < -0.39 is 0 Å². The summed E-state index contributed by atoms with van der Waals surface area (Å²) in [5.41, 5.74) is 1.34. The van der Waals surface area contributed by atoms with Gasteiger partial charge < -0.3 is 5.32 Å². The number of benzene rings is 1. The first-order valence-corrected chi connectivity index (χ1v) is 6.44. The maximum Gasteiger partial charge on any atom is 0.258 e. The molecule has 1 heterocycles. The third-order valence-corrected chi connectivity index (χ3v) is 3.64. The predicted octanol–water partition coefficient (Wildman–Crippen LogP) is 4.18. The van der Waals surface area contributed by atoms with E-state index in [9.17, 15) is 4.79 Å². The van der Waals surface area contributed by atoms with Gasteiger partial charge in [-0.25, -0.2) is 0 Å². The standard InChI is InChI=1S/C12H6Cl2N2OS/c13-10-5-9(11(14)18-10)12(17)16-8-3-1-2-7(4-8)6-15/h1-5H,(H,16,17).